The van der Waals surface area contributed by atoms with Crippen molar-refractivity contribution in [3.63, 3.8) is 0 Å². The molecule has 0 radical (unpaired) electrons. The molecule has 9 heteroatoms. The second kappa shape index (κ2) is 10.4. The lowest BCUT2D eigenvalue weighted by molar-refractivity contribution is -0.179. The Hall–Kier alpha value is -2.23. The van der Waals surface area contributed by atoms with Crippen LogP contribution in [0.4, 0.5) is 0 Å². The fourth-order valence-corrected chi connectivity index (χ4v) is 11.2. The van der Waals surface area contributed by atoms with Gasteiger partial charge in [0.05, 0.1) is 26.2 Å². The molecule has 9 atom stereocenters. The molecular weight excluding hydrogens is 564 g/mol. The molecule has 6 rings (SSSR count). The van der Waals surface area contributed by atoms with Crippen molar-refractivity contribution in [1.29, 1.82) is 0 Å². The van der Waals surface area contributed by atoms with E-state index in [1.54, 1.807) is 0 Å². The molecule has 1 aromatic rings. The molecule has 4 saturated carbocycles. The van der Waals surface area contributed by atoms with Gasteiger partial charge >= 0.3 is 17.9 Å². The van der Waals surface area contributed by atoms with Crippen molar-refractivity contribution in [3.05, 3.63) is 35.9 Å². The Balaban J connectivity index is 1.42. The van der Waals surface area contributed by atoms with E-state index in [1.807, 2.05) is 30.3 Å². The molecule has 1 aromatic carbocycles. The van der Waals surface area contributed by atoms with Gasteiger partial charge in [0.25, 0.3) is 0 Å². The second-order valence-electron chi connectivity index (χ2n) is 15.4. The van der Waals surface area contributed by atoms with Gasteiger partial charge < -0.3 is 23.4 Å². The van der Waals surface area contributed by atoms with Crippen LogP contribution in [0.15, 0.2) is 30.3 Å². The van der Waals surface area contributed by atoms with Crippen molar-refractivity contribution in [2.24, 2.45) is 34.5 Å². The highest BCUT2D eigenvalue weighted by Gasteiger charge is 2.85. The molecule has 1 aliphatic heterocycles. The van der Waals surface area contributed by atoms with E-state index in [0.29, 0.717) is 25.4 Å². The Morgan fingerprint density at radius 3 is 2.44 bits per heavy atom. The summed E-state index contributed by atoms with van der Waals surface area (Å²) >= 11 is 0. The first kappa shape index (κ1) is 30.8. The first-order valence-corrected chi connectivity index (χ1v) is 18.9. The van der Waals surface area contributed by atoms with Gasteiger partial charge in [-0.15, -0.1) is 0 Å². The number of esters is 3. The maximum absolute atomic E-state index is 14.3. The van der Waals surface area contributed by atoms with Crippen LogP contribution < -0.4 is 0 Å². The lowest BCUT2D eigenvalue weighted by Gasteiger charge is -2.46. The molecule has 43 heavy (non-hydrogen) atoms. The fraction of sp³-hybridized carbons (Fsp3) is 0.735. The Bertz CT molecular complexity index is 1270. The zero-order valence-electron chi connectivity index (χ0n) is 26.8. The lowest BCUT2D eigenvalue weighted by atomic mass is 9.58. The van der Waals surface area contributed by atoms with E-state index in [1.165, 1.54) is 14.0 Å². The van der Waals surface area contributed by atoms with Crippen molar-refractivity contribution >= 4 is 26.2 Å². The highest BCUT2D eigenvalue weighted by molar-refractivity contribution is 6.74. The molecule has 0 N–H and O–H groups in total. The summed E-state index contributed by atoms with van der Waals surface area (Å²) in [5, 5.41) is 0.0663. The highest BCUT2D eigenvalue weighted by atomic mass is 28.4. The van der Waals surface area contributed by atoms with Gasteiger partial charge in [-0.3, -0.25) is 14.4 Å². The summed E-state index contributed by atoms with van der Waals surface area (Å²) in [5.74, 6) is -1.90. The molecular formula is C34H48O8Si. The normalized spacial score (nSPS) is 39.6. The van der Waals surface area contributed by atoms with Gasteiger partial charge in [0.2, 0.25) is 0 Å². The van der Waals surface area contributed by atoms with E-state index in [4.69, 9.17) is 23.4 Å². The molecule has 4 aliphatic carbocycles. The Morgan fingerprint density at radius 1 is 1.07 bits per heavy atom. The van der Waals surface area contributed by atoms with Crippen molar-refractivity contribution in [2.45, 2.75) is 109 Å². The van der Waals surface area contributed by atoms with E-state index in [9.17, 15) is 14.4 Å². The van der Waals surface area contributed by atoms with Crippen molar-refractivity contribution in [2.75, 3.05) is 13.7 Å². The first-order valence-electron chi connectivity index (χ1n) is 16.0. The molecule has 236 valence electrons. The summed E-state index contributed by atoms with van der Waals surface area (Å²) in [6.45, 7) is 13.0. The molecule has 0 amide bonds. The van der Waals surface area contributed by atoms with Crippen LogP contribution in [0.5, 0.6) is 0 Å². The molecule has 0 unspecified atom stereocenters. The largest absolute Gasteiger partial charge is 0.469 e. The summed E-state index contributed by atoms with van der Waals surface area (Å²) in [6, 6.07) is 9.78. The van der Waals surface area contributed by atoms with Crippen LogP contribution in [0.1, 0.15) is 71.8 Å². The van der Waals surface area contributed by atoms with Crippen molar-refractivity contribution < 1.29 is 37.8 Å². The maximum Gasteiger partial charge on any atom is 0.319 e. The second-order valence-corrected chi connectivity index (χ2v) is 20.2. The number of benzene rings is 1. The van der Waals surface area contributed by atoms with Crippen LogP contribution in [0.25, 0.3) is 0 Å². The summed E-state index contributed by atoms with van der Waals surface area (Å²) in [6.07, 6.45) is 3.82. The molecule has 8 nitrogen and oxygen atoms in total. The third kappa shape index (κ3) is 4.46. The lowest BCUT2D eigenvalue weighted by Crippen LogP contribution is -2.58. The summed E-state index contributed by atoms with van der Waals surface area (Å²) in [4.78, 5) is 40.7. The van der Waals surface area contributed by atoms with Crippen LogP contribution in [-0.4, -0.2) is 57.8 Å². The van der Waals surface area contributed by atoms with Gasteiger partial charge in [-0.05, 0) is 73.6 Å². The molecule has 1 saturated heterocycles. The Morgan fingerprint density at radius 2 is 1.79 bits per heavy atom. The highest BCUT2D eigenvalue weighted by Crippen LogP contribution is 2.78. The maximum atomic E-state index is 14.3. The van der Waals surface area contributed by atoms with Crippen LogP contribution >= 0.6 is 0 Å². The van der Waals surface area contributed by atoms with Crippen molar-refractivity contribution in [1.82, 2.24) is 0 Å². The minimum atomic E-state index is -2.08. The van der Waals surface area contributed by atoms with E-state index in [2.05, 4.69) is 33.9 Å². The average molecular weight is 613 g/mol. The molecule has 5 fully saturated rings. The van der Waals surface area contributed by atoms with Gasteiger partial charge in [-0.2, -0.15) is 0 Å². The SMILES string of the molecule is COC(=O)[C@H]1[C@H]2[C@@]3(CC[C@@H](OC(C)=O)[C@]2(COCc2ccccc2)C(=O)O3)[C@@H]2CC[C@@H]3C[C@@]21C[C@@H]3O[Si](C)(C)C(C)(C)C. The predicted octanol–water partition coefficient (Wildman–Crippen LogP) is 5.83. The predicted molar refractivity (Wildman–Crippen MR) is 161 cm³/mol. The first-order chi connectivity index (χ1) is 20.2. The standard InChI is InChI=1S/C34H48O8Si/c1-21(35)40-26-15-16-34-25-14-13-23-17-32(25,18-24(23)42-43(6,7)31(2,3)4)27(29(36)38-5)28(34)33(26,30(37)41-34)20-39-19-22-11-9-8-10-12-22/h8-12,23-28H,13-20H2,1-7H3/t23-,24+,25-,26-,27-,28-,32-,33+,34-/m1/s1. The number of carbonyl (C=O) groups excluding carboxylic acids is 3. The molecule has 5 aliphatic rings. The third-order valence-corrected chi connectivity index (χ3v) is 16.9. The van der Waals surface area contributed by atoms with Crippen LogP contribution in [-0.2, 0) is 44.4 Å². The van der Waals surface area contributed by atoms with Gasteiger partial charge in [0, 0.05) is 24.9 Å². The summed E-state index contributed by atoms with van der Waals surface area (Å²) < 4.78 is 31.5. The monoisotopic (exact) mass is 612 g/mol. The fourth-order valence-electron chi connectivity index (χ4n) is 9.82. The van der Waals surface area contributed by atoms with Gasteiger partial charge in [-0.25, -0.2) is 0 Å². The van der Waals surface area contributed by atoms with E-state index in [-0.39, 0.29) is 29.6 Å². The average Bonchev–Trinajstić information content (AvgIpc) is 3.41. The number of ether oxygens (including phenoxy) is 4. The zero-order chi connectivity index (χ0) is 31.0. The van der Waals surface area contributed by atoms with Crippen LogP contribution in [0.2, 0.25) is 18.1 Å². The minimum Gasteiger partial charge on any atom is -0.469 e. The molecule has 1 spiro atoms. The molecule has 0 aromatic heterocycles. The number of fused-ring (bicyclic) bond motifs is 1. The number of hydrogen-bond acceptors (Lipinski definition) is 8. The quantitative estimate of drug-likeness (QED) is 0.206. The molecule has 4 bridgehead atoms. The smallest absolute Gasteiger partial charge is 0.319 e. The Kier molecular flexibility index (Phi) is 7.45. The van der Waals surface area contributed by atoms with Gasteiger partial charge in [0.15, 0.2) is 8.32 Å². The van der Waals surface area contributed by atoms with Gasteiger partial charge in [-0.1, -0.05) is 51.1 Å². The van der Waals surface area contributed by atoms with Crippen LogP contribution in [0.3, 0.4) is 0 Å². The van der Waals surface area contributed by atoms with Crippen LogP contribution in [0, 0.1) is 34.5 Å². The van der Waals surface area contributed by atoms with E-state index < -0.39 is 54.6 Å². The summed E-state index contributed by atoms with van der Waals surface area (Å²) in [7, 11) is -0.637. The zero-order valence-corrected chi connectivity index (χ0v) is 27.8. The summed E-state index contributed by atoms with van der Waals surface area (Å²) in [5.41, 5.74) is -1.55. The van der Waals surface area contributed by atoms with E-state index in [0.717, 1.165) is 31.2 Å². The van der Waals surface area contributed by atoms with E-state index >= 15 is 0 Å². The number of rotatable bonds is 8. The topological polar surface area (TPSA) is 97.4 Å². The Labute approximate surface area is 256 Å². The minimum absolute atomic E-state index is 0.00864. The molecule has 1 heterocycles. The van der Waals surface area contributed by atoms with Gasteiger partial charge in [0.1, 0.15) is 17.1 Å². The number of methoxy groups -OCH3 is 1. The third-order valence-electron chi connectivity index (χ3n) is 12.4. The van der Waals surface area contributed by atoms with Crippen molar-refractivity contribution in [3.8, 4) is 0 Å². The number of hydrogen-bond donors (Lipinski definition) is 0. The number of carbonyl (C=O) groups is 3.